The van der Waals surface area contributed by atoms with Crippen LogP contribution in [0, 0.1) is 0 Å². The van der Waals surface area contributed by atoms with Gasteiger partial charge in [0.1, 0.15) is 0 Å². The molecule has 0 aliphatic carbocycles. The minimum atomic E-state index is -0.566. The minimum Gasteiger partial charge on any atom is -0.341 e. The Morgan fingerprint density at radius 3 is 2.73 bits per heavy atom. The number of aryl methyl sites for hydroxylation is 1. The molecule has 9 nitrogen and oxygen atoms in total. The molecule has 136 valence electrons. The molecule has 2 heterocycles. The lowest BCUT2D eigenvalue weighted by Crippen LogP contribution is -2.38. The first-order valence-electron chi connectivity index (χ1n) is 8.07. The van der Waals surface area contributed by atoms with E-state index in [-0.39, 0.29) is 11.3 Å². The molecule has 0 aliphatic heterocycles. The normalized spacial score (nSPS) is 11.0. The van der Waals surface area contributed by atoms with Crippen molar-refractivity contribution in [2.24, 2.45) is 0 Å². The van der Waals surface area contributed by atoms with Crippen molar-refractivity contribution in [3.63, 3.8) is 0 Å². The Morgan fingerprint density at radius 2 is 2.00 bits per heavy atom. The molecule has 2 aromatic heterocycles. The topological polar surface area (TPSA) is 110 Å². The third-order valence-electron chi connectivity index (χ3n) is 3.74. The number of aromatic nitrogens is 4. The summed E-state index contributed by atoms with van der Waals surface area (Å²) in [5.41, 5.74) is 0.565. The molecule has 3 rings (SSSR count). The van der Waals surface area contributed by atoms with Gasteiger partial charge in [-0.15, -0.1) is 10.2 Å². The summed E-state index contributed by atoms with van der Waals surface area (Å²) >= 11 is 1.15. The molecule has 3 aromatic rings. The van der Waals surface area contributed by atoms with Crippen molar-refractivity contribution in [3.05, 3.63) is 34.6 Å². The predicted octanol–water partition coefficient (Wildman–Crippen LogP) is 1.00. The van der Waals surface area contributed by atoms with Gasteiger partial charge in [-0.3, -0.25) is 23.9 Å². The summed E-state index contributed by atoms with van der Waals surface area (Å²) in [7, 11) is 1.43. The van der Waals surface area contributed by atoms with Gasteiger partial charge in [-0.05, 0) is 18.6 Å². The Bertz CT molecular complexity index is 1040. The summed E-state index contributed by atoms with van der Waals surface area (Å²) in [6.07, 6.45) is 0.776. The fraction of sp³-hybridized carbons (Fsp3) is 0.312. The number of para-hydroxylation sites is 1. The molecule has 0 unspecified atom stereocenters. The van der Waals surface area contributed by atoms with Crippen molar-refractivity contribution in [2.75, 3.05) is 12.8 Å². The summed E-state index contributed by atoms with van der Waals surface area (Å²) in [6, 6.07) is 6.65. The van der Waals surface area contributed by atoms with E-state index >= 15 is 0 Å². The highest BCUT2D eigenvalue weighted by Crippen LogP contribution is 2.21. The van der Waals surface area contributed by atoms with E-state index in [4.69, 9.17) is 0 Å². The summed E-state index contributed by atoms with van der Waals surface area (Å²) in [6.45, 7) is 2.50. The van der Waals surface area contributed by atoms with Gasteiger partial charge in [0.15, 0.2) is 5.16 Å². The van der Waals surface area contributed by atoms with Gasteiger partial charge in [0.25, 0.3) is 5.56 Å². The van der Waals surface area contributed by atoms with E-state index < -0.39 is 11.9 Å². The Hall–Kier alpha value is -2.88. The summed E-state index contributed by atoms with van der Waals surface area (Å²) < 4.78 is 3.36. The van der Waals surface area contributed by atoms with Crippen LogP contribution >= 0.6 is 11.8 Å². The second kappa shape index (κ2) is 7.56. The van der Waals surface area contributed by atoms with Gasteiger partial charge in [0, 0.05) is 13.6 Å². The quantitative estimate of drug-likeness (QED) is 0.645. The molecule has 0 aliphatic rings. The predicted molar refractivity (Wildman–Crippen MR) is 98.4 cm³/mol. The molecule has 3 amide bonds. The average molecular weight is 374 g/mol. The van der Waals surface area contributed by atoms with Crippen molar-refractivity contribution in [3.8, 4) is 0 Å². The van der Waals surface area contributed by atoms with Gasteiger partial charge >= 0.3 is 6.03 Å². The average Bonchev–Trinajstić information content (AvgIpc) is 3.07. The smallest absolute Gasteiger partial charge is 0.321 e. The van der Waals surface area contributed by atoms with Crippen LogP contribution in [0.1, 0.15) is 13.3 Å². The molecule has 0 saturated heterocycles. The maximum Gasteiger partial charge on any atom is 0.321 e. The van der Waals surface area contributed by atoms with Crippen LogP contribution in [0.3, 0.4) is 0 Å². The summed E-state index contributed by atoms with van der Waals surface area (Å²) in [5, 5.41) is 13.8. The minimum absolute atomic E-state index is 0.00452. The van der Waals surface area contributed by atoms with E-state index in [1.54, 1.807) is 21.1 Å². The molecule has 0 fully saturated rings. The number of nitrogens with zero attached hydrogens (tertiary/aromatic N) is 4. The first kappa shape index (κ1) is 17.9. The molecule has 1 aromatic carbocycles. The fourth-order valence-electron chi connectivity index (χ4n) is 2.61. The number of amides is 3. The van der Waals surface area contributed by atoms with Crippen LogP contribution in [0.2, 0.25) is 0 Å². The zero-order valence-corrected chi connectivity index (χ0v) is 15.2. The lowest BCUT2D eigenvalue weighted by Gasteiger charge is -2.10. The van der Waals surface area contributed by atoms with Crippen LogP contribution in [-0.4, -0.2) is 43.9 Å². The van der Waals surface area contributed by atoms with E-state index in [2.05, 4.69) is 20.8 Å². The van der Waals surface area contributed by atoms with Crippen LogP contribution in [0.5, 0.6) is 0 Å². The molecule has 26 heavy (non-hydrogen) atoms. The van der Waals surface area contributed by atoms with E-state index in [0.29, 0.717) is 28.4 Å². The van der Waals surface area contributed by atoms with Crippen LogP contribution in [-0.2, 0) is 11.3 Å². The molecule has 0 radical (unpaired) electrons. The third-order valence-corrected chi connectivity index (χ3v) is 4.67. The van der Waals surface area contributed by atoms with Crippen molar-refractivity contribution in [1.82, 2.24) is 29.8 Å². The van der Waals surface area contributed by atoms with E-state index in [9.17, 15) is 14.4 Å². The van der Waals surface area contributed by atoms with Crippen molar-refractivity contribution >= 4 is 40.4 Å². The number of nitrogens with one attached hydrogen (secondary N) is 2. The number of urea groups is 1. The van der Waals surface area contributed by atoms with Gasteiger partial charge in [0.05, 0.1) is 16.7 Å². The number of carbonyl (C=O) groups is 2. The van der Waals surface area contributed by atoms with Crippen LogP contribution in [0.25, 0.3) is 16.7 Å². The van der Waals surface area contributed by atoms with Gasteiger partial charge in [-0.1, -0.05) is 30.8 Å². The number of hydrogen-bond acceptors (Lipinski definition) is 6. The first-order valence-corrected chi connectivity index (χ1v) is 9.06. The first-order chi connectivity index (χ1) is 12.6. The van der Waals surface area contributed by atoms with Crippen LogP contribution in [0.15, 0.2) is 34.2 Å². The molecular formula is C16H18N6O3S. The maximum atomic E-state index is 12.7. The molecule has 0 spiro atoms. The third kappa shape index (κ3) is 3.27. The van der Waals surface area contributed by atoms with Gasteiger partial charge < -0.3 is 5.32 Å². The number of benzene rings is 1. The van der Waals surface area contributed by atoms with Crippen LogP contribution < -0.4 is 16.2 Å². The highest BCUT2D eigenvalue weighted by molar-refractivity contribution is 7.99. The van der Waals surface area contributed by atoms with Gasteiger partial charge in [0.2, 0.25) is 11.7 Å². The lowest BCUT2D eigenvalue weighted by atomic mass is 10.2. The molecule has 0 bridgehead atoms. The Labute approximate surface area is 152 Å². The number of rotatable bonds is 5. The number of fused-ring (bicyclic) bond motifs is 3. The number of imide groups is 1. The lowest BCUT2D eigenvalue weighted by molar-refractivity contribution is -0.117. The Kier molecular flexibility index (Phi) is 5.21. The number of thioether (sulfide) groups is 1. The zero-order valence-electron chi connectivity index (χ0n) is 14.4. The molecule has 0 atom stereocenters. The second-order valence-electron chi connectivity index (χ2n) is 5.51. The van der Waals surface area contributed by atoms with Gasteiger partial charge in [-0.25, -0.2) is 4.79 Å². The van der Waals surface area contributed by atoms with Gasteiger partial charge in [-0.2, -0.15) is 0 Å². The van der Waals surface area contributed by atoms with E-state index in [1.807, 2.05) is 19.1 Å². The number of carbonyl (C=O) groups excluding carboxylic acids is 2. The van der Waals surface area contributed by atoms with E-state index in [1.165, 1.54) is 7.05 Å². The number of hydrogen-bond donors (Lipinski definition) is 2. The van der Waals surface area contributed by atoms with Crippen molar-refractivity contribution in [2.45, 2.75) is 25.0 Å². The van der Waals surface area contributed by atoms with Crippen molar-refractivity contribution in [1.29, 1.82) is 0 Å². The molecule has 2 N–H and O–H groups in total. The standard InChI is InChI=1S/C16H18N6O3S/c1-3-8-21-13(24)10-6-4-5-7-11(10)22-15(21)19-20-16(22)26-9-12(23)18-14(25)17-2/h4-7H,3,8-9H2,1-2H3,(H2,17,18,23,25). The summed E-state index contributed by atoms with van der Waals surface area (Å²) in [5.74, 6) is -0.0165. The highest BCUT2D eigenvalue weighted by atomic mass is 32.2. The van der Waals surface area contributed by atoms with Crippen molar-refractivity contribution < 1.29 is 9.59 Å². The second-order valence-corrected chi connectivity index (χ2v) is 6.45. The summed E-state index contributed by atoms with van der Waals surface area (Å²) in [4.78, 5) is 35.8. The molecule has 10 heteroatoms. The molecule has 0 saturated carbocycles. The van der Waals surface area contributed by atoms with E-state index in [0.717, 1.165) is 18.2 Å². The fourth-order valence-corrected chi connectivity index (χ4v) is 3.35. The zero-order chi connectivity index (χ0) is 18.7. The Balaban J connectivity index is 2.04. The molecular weight excluding hydrogens is 356 g/mol. The Morgan fingerprint density at radius 1 is 1.23 bits per heavy atom. The highest BCUT2D eigenvalue weighted by Gasteiger charge is 2.17. The maximum absolute atomic E-state index is 12.7. The SMILES string of the molecule is CCCn1c(=O)c2ccccc2n2c(SCC(=O)NC(=O)NC)nnc12. The van der Waals surface area contributed by atoms with Crippen LogP contribution in [0.4, 0.5) is 4.79 Å². The monoisotopic (exact) mass is 374 g/mol. The largest absolute Gasteiger partial charge is 0.341 e.